The predicted molar refractivity (Wildman–Crippen MR) is 82.6 cm³/mol. The Labute approximate surface area is 117 Å². The molecule has 0 aliphatic heterocycles. The second-order valence-electron chi connectivity index (χ2n) is 3.50. The lowest BCUT2D eigenvalue weighted by atomic mass is 10.2. The van der Waals surface area contributed by atoms with Crippen molar-refractivity contribution in [1.82, 2.24) is 4.98 Å². The molecule has 1 aromatic heterocycles. The van der Waals surface area contributed by atoms with Gasteiger partial charge in [-0.15, -0.1) is 0 Å². The summed E-state index contributed by atoms with van der Waals surface area (Å²) < 4.78 is 2.21. The maximum Gasteiger partial charge on any atom is 0.0465 e. The molecule has 3 rings (SSSR count). The molecule has 3 heteroatoms. The van der Waals surface area contributed by atoms with Gasteiger partial charge in [0.05, 0.1) is 0 Å². The topological polar surface area (TPSA) is 15.8 Å². The van der Waals surface area contributed by atoms with Crippen molar-refractivity contribution in [1.29, 1.82) is 0 Å². The standard InChI is InChI=1S/C12H7Br2N.C2H6/c13-7-1-3-11-9(5-7)10-6-8(14)2-4-12(10)15-11;1-2/h1-6,15H;1-2H3. The lowest BCUT2D eigenvalue weighted by Gasteiger charge is -1.93. The largest absolute Gasteiger partial charge is 0.355 e. The first-order chi connectivity index (χ1) is 8.24. The molecule has 0 saturated heterocycles. The first-order valence-corrected chi connectivity index (χ1v) is 7.19. The molecule has 0 amide bonds. The Morgan fingerprint density at radius 2 is 1.18 bits per heavy atom. The second-order valence-corrected chi connectivity index (χ2v) is 5.34. The van der Waals surface area contributed by atoms with Crippen LogP contribution in [0.2, 0.25) is 0 Å². The van der Waals surface area contributed by atoms with Crippen LogP contribution in [-0.4, -0.2) is 4.98 Å². The van der Waals surface area contributed by atoms with Crippen molar-refractivity contribution in [3.63, 3.8) is 0 Å². The van der Waals surface area contributed by atoms with Gasteiger partial charge in [0.15, 0.2) is 0 Å². The molecule has 0 aliphatic rings. The molecule has 1 nitrogen and oxygen atoms in total. The number of rotatable bonds is 0. The van der Waals surface area contributed by atoms with Crippen LogP contribution in [0.5, 0.6) is 0 Å². The number of hydrogen-bond donors (Lipinski definition) is 1. The Kier molecular flexibility index (Phi) is 3.89. The molecule has 3 aromatic rings. The lowest BCUT2D eigenvalue weighted by Crippen LogP contribution is -1.67. The number of H-pyrrole nitrogens is 1. The van der Waals surface area contributed by atoms with Crippen LogP contribution in [0.4, 0.5) is 0 Å². The van der Waals surface area contributed by atoms with Gasteiger partial charge in [-0.2, -0.15) is 0 Å². The Balaban J connectivity index is 0.000000514. The molecule has 88 valence electrons. The molecule has 0 radical (unpaired) electrons. The van der Waals surface area contributed by atoms with Gasteiger partial charge in [0.2, 0.25) is 0 Å². The fourth-order valence-electron chi connectivity index (χ4n) is 1.84. The molecule has 0 aliphatic carbocycles. The quantitative estimate of drug-likeness (QED) is 0.519. The number of aromatic nitrogens is 1. The number of nitrogens with one attached hydrogen (secondary N) is 1. The van der Waals surface area contributed by atoms with Crippen LogP contribution >= 0.6 is 31.9 Å². The van der Waals surface area contributed by atoms with Gasteiger partial charge >= 0.3 is 0 Å². The van der Waals surface area contributed by atoms with Gasteiger partial charge in [-0.05, 0) is 36.4 Å². The number of benzene rings is 2. The molecule has 1 N–H and O–H groups in total. The number of fused-ring (bicyclic) bond motifs is 3. The highest BCUT2D eigenvalue weighted by atomic mass is 79.9. The normalized spacial score (nSPS) is 10.4. The van der Waals surface area contributed by atoms with E-state index in [4.69, 9.17) is 0 Å². The molecule has 1 heterocycles. The zero-order chi connectivity index (χ0) is 12.4. The van der Waals surface area contributed by atoms with Crippen molar-refractivity contribution in [3.05, 3.63) is 45.3 Å². The van der Waals surface area contributed by atoms with Gasteiger partial charge in [0.25, 0.3) is 0 Å². The average Bonchev–Trinajstić information content (AvgIpc) is 2.69. The van der Waals surface area contributed by atoms with Gasteiger partial charge in [-0.25, -0.2) is 0 Å². The average molecular weight is 355 g/mol. The summed E-state index contributed by atoms with van der Waals surface area (Å²) in [6.45, 7) is 4.00. The third kappa shape index (κ3) is 2.40. The van der Waals surface area contributed by atoms with Crippen molar-refractivity contribution in [2.24, 2.45) is 0 Å². The zero-order valence-electron chi connectivity index (χ0n) is 9.72. The molecule has 0 atom stereocenters. The van der Waals surface area contributed by atoms with Crippen molar-refractivity contribution < 1.29 is 0 Å². The van der Waals surface area contributed by atoms with Crippen molar-refractivity contribution in [3.8, 4) is 0 Å². The summed E-state index contributed by atoms with van der Waals surface area (Å²) in [5.41, 5.74) is 2.35. The Hall–Kier alpha value is -0.800. The van der Waals surface area contributed by atoms with E-state index in [0.717, 1.165) is 8.95 Å². The van der Waals surface area contributed by atoms with E-state index in [-0.39, 0.29) is 0 Å². The van der Waals surface area contributed by atoms with E-state index in [9.17, 15) is 0 Å². The molecule has 0 fully saturated rings. The Morgan fingerprint density at radius 3 is 1.59 bits per heavy atom. The van der Waals surface area contributed by atoms with E-state index in [1.54, 1.807) is 0 Å². The second kappa shape index (κ2) is 5.23. The number of aromatic amines is 1. The molecular weight excluding hydrogens is 342 g/mol. The van der Waals surface area contributed by atoms with Gasteiger partial charge in [0.1, 0.15) is 0 Å². The first-order valence-electron chi connectivity index (χ1n) is 5.60. The van der Waals surface area contributed by atoms with Crippen LogP contribution in [0.1, 0.15) is 13.8 Å². The first kappa shape index (κ1) is 12.7. The van der Waals surface area contributed by atoms with Crippen molar-refractivity contribution >= 4 is 53.7 Å². The van der Waals surface area contributed by atoms with Crippen LogP contribution in [0.25, 0.3) is 21.8 Å². The zero-order valence-corrected chi connectivity index (χ0v) is 12.9. The van der Waals surface area contributed by atoms with Crippen molar-refractivity contribution in [2.75, 3.05) is 0 Å². The minimum Gasteiger partial charge on any atom is -0.355 e. The number of hydrogen-bond acceptors (Lipinski definition) is 0. The Morgan fingerprint density at radius 1 is 0.765 bits per heavy atom. The van der Waals surface area contributed by atoms with E-state index in [1.165, 1.54) is 21.8 Å². The van der Waals surface area contributed by atoms with Crippen LogP contribution in [0, 0.1) is 0 Å². The highest BCUT2D eigenvalue weighted by molar-refractivity contribution is 9.10. The lowest BCUT2D eigenvalue weighted by molar-refractivity contribution is 1.50. The maximum atomic E-state index is 3.50. The summed E-state index contributed by atoms with van der Waals surface area (Å²) in [6, 6.07) is 12.6. The summed E-state index contributed by atoms with van der Waals surface area (Å²) in [4.78, 5) is 3.39. The summed E-state index contributed by atoms with van der Waals surface area (Å²) in [6.07, 6.45) is 0. The summed E-state index contributed by atoms with van der Waals surface area (Å²) in [7, 11) is 0. The fourth-order valence-corrected chi connectivity index (χ4v) is 2.56. The minimum atomic E-state index is 1.11. The molecular formula is C14H13Br2N. The smallest absolute Gasteiger partial charge is 0.0465 e. The third-order valence-corrected chi connectivity index (χ3v) is 3.51. The van der Waals surface area contributed by atoms with Crippen LogP contribution in [0.15, 0.2) is 45.3 Å². The molecule has 17 heavy (non-hydrogen) atoms. The van der Waals surface area contributed by atoms with Crippen LogP contribution in [-0.2, 0) is 0 Å². The highest BCUT2D eigenvalue weighted by Crippen LogP contribution is 2.29. The van der Waals surface area contributed by atoms with Gasteiger partial charge < -0.3 is 4.98 Å². The molecule has 0 unspecified atom stereocenters. The molecule has 2 aromatic carbocycles. The van der Waals surface area contributed by atoms with E-state index in [0.29, 0.717) is 0 Å². The van der Waals surface area contributed by atoms with Gasteiger partial charge in [0, 0.05) is 30.8 Å². The predicted octanol–water partition coefficient (Wildman–Crippen LogP) is 5.87. The SMILES string of the molecule is Brc1ccc2[nH]c3ccc(Br)cc3c2c1.CC. The van der Waals surface area contributed by atoms with E-state index >= 15 is 0 Å². The van der Waals surface area contributed by atoms with Crippen LogP contribution in [0.3, 0.4) is 0 Å². The van der Waals surface area contributed by atoms with E-state index in [2.05, 4.69) is 61.1 Å². The summed E-state index contributed by atoms with van der Waals surface area (Å²) >= 11 is 6.99. The van der Waals surface area contributed by atoms with E-state index in [1.807, 2.05) is 26.0 Å². The third-order valence-electron chi connectivity index (χ3n) is 2.52. The fraction of sp³-hybridized carbons (Fsp3) is 0.143. The van der Waals surface area contributed by atoms with Crippen LogP contribution < -0.4 is 0 Å². The van der Waals surface area contributed by atoms with Gasteiger partial charge in [-0.3, -0.25) is 0 Å². The number of halogens is 2. The van der Waals surface area contributed by atoms with Crippen molar-refractivity contribution in [2.45, 2.75) is 13.8 Å². The molecule has 0 bridgehead atoms. The maximum absolute atomic E-state index is 3.50. The monoisotopic (exact) mass is 353 g/mol. The molecule has 0 saturated carbocycles. The summed E-state index contributed by atoms with van der Waals surface area (Å²) in [5, 5.41) is 2.50. The summed E-state index contributed by atoms with van der Waals surface area (Å²) in [5.74, 6) is 0. The minimum absolute atomic E-state index is 1.11. The van der Waals surface area contributed by atoms with E-state index < -0.39 is 0 Å². The highest BCUT2D eigenvalue weighted by Gasteiger charge is 2.04. The molecule has 0 spiro atoms. The van der Waals surface area contributed by atoms with Gasteiger partial charge in [-0.1, -0.05) is 45.7 Å². The Bertz CT molecular complexity index is 599.